The van der Waals surface area contributed by atoms with Crippen LogP contribution in [0.4, 0.5) is 0 Å². The summed E-state index contributed by atoms with van der Waals surface area (Å²) in [6, 6.07) is 0. The molecule has 0 aromatic heterocycles. The predicted molar refractivity (Wildman–Crippen MR) is 74.7 cm³/mol. The van der Waals surface area contributed by atoms with Crippen LogP contribution in [0.2, 0.25) is 0 Å². The molecule has 0 unspecified atom stereocenters. The first-order chi connectivity index (χ1) is 9.47. The molecule has 0 bridgehead atoms. The van der Waals surface area contributed by atoms with Crippen molar-refractivity contribution in [3.05, 3.63) is 26.0 Å². The number of hydrogen-bond donors (Lipinski definition) is 2. The SMILES string of the molecule is CNCC1CCC(C(N)=O)(c2c(OC)c(=O)c2=O)CC1. The Kier molecular flexibility index (Phi) is 3.94. The number of nitrogens with one attached hydrogen (secondary N) is 1. The van der Waals surface area contributed by atoms with Crippen LogP contribution in [0.3, 0.4) is 0 Å². The smallest absolute Gasteiger partial charge is 0.268 e. The van der Waals surface area contributed by atoms with Crippen molar-refractivity contribution in [1.29, 1.82) is 0 Å². The third kappa shape index (κ3) is 2.04. The van der Waals surface area contributed by atoms with Crippen molar-refractivity contribution < 1.29 is 9.53 Å². The van der Waals surface area contributed by atoms with Crippen LogP contribution < -0.4 is 26.6 Å². The van der Waals surface area contributed by atoms with E-state index in [1.165, 1.54) is 7.11 Å². The van der Waals surface area contributed by atoms with E-state index in [-0.39, 0.29) is 11.3 Å². The molecule has 1 aromatic carbocycles. The predicted octanol–water partition coefficient (Wildman–Crippen LogP) is -0.576. The molecule has 110 valence electrons. The van der Waals surface area contributed by atoms with Crippen molar-refractivity contribution in [3.63, 3.8) is 0 Å². The van der Waals surface area contributed by atoms with Crippen LogP contribution in [0, 0.1) is 5.92 Å². The molecule has 0 spiro atoms. The minimum Gasteiger partial charge on any atom is -0.492 e. The Morgan fingerprint density at radius 1 is 1.35 bits per heavy atom. The van der Waals surface area contributed by atoms with Crippen molar-refractivity contribution in [2.75, 3.05) is 20.7 Å². The summed E-state index contributed by atoms with van der Waals surface area (Å²) in [7, 11) is 3.22. The molecule has 0 aliphatic heterocycles. The lowest BCUT2D eigenvalue weighted by Gasteiger charge is -2.38. The van der Waals surface area contributed by atoms with E-state index < -0.39 is 22.2 Å². The number of methoxy groups -OCH3 is 1. The number of nitrogens with two attached hydrogens (primary N) is 1. The maximum absolute atomic E-state index is 11.9. The largest absolute Gasteiger partial charge is 0.492 e. The summed E-state index contributed by atoms with van der Waals surface area (Å²) in [6.07, 6.45) is 2.59. The Morgan fingerprint density at radius 2 is 1.95 bits per heavy atom. The van der Waals surface area contributed by atoms with E-state index in [9.17, 15) is 14.4 Å². The Hall–Kier alpha value is -1.69. The second-order valence-electron chi connectivity index (χ2n) is 5.51. The molecular weight excluding hydrogens is 260 g/mol. The maximum atomic E-state index is 11.9. The zero-order valence-electron chi connectivity index (χ0n) is 11.8. The van der Waals surface area contributed by atoms with Crippen molar-refractivity contribution >= 4 is 5.91 Å². The molecule has 0 heterocycles. The number of carbonyl (C=O) groups excluding carboxylic acids is 1. The third-order valence-corrected chi connectivity index (χ3v) is 4.47. The lowest BCUT2D eigenvalue weighted by atomic mass is 9.64. The van der Waals surface area contributed by atoms with Crippen LogP contribution in [0.1, 0.15) is 31.2 Å². The molecule has 3 N–H and O–H groups in total. The number of rotatable bonds is 5. The van der Waals surface area contributed by atoms with E-state index >= 15 is 0 Å². The van der Waals surface area contributed by atoms with Gasteiger partial charge in [0.2, 0.25) is 11.3 Å². The summed E-state index contributed by atoms with van der Waals surface area (Å²) in [5.74, 6) is -0.0587. The number of ether oxygens (including phenoxy) is 1. The molecule has 0 saturated heterocycles. The summed E-state index contributed by atoms with van der Waals surface area (Å²) in [5.41, 5.74) is 3.45. The second-order valence-corrected chi connectivity index (χ2v) is 5.51. The summed E-state index contributed by atoms with van der Waals surface area (Å²) < 4.78 is 4.97. The zero-order valence-corrected chi connectivity index (χ0v) is 11.8. The van der Waals surface area contributed by atoms with Crippen LogP contribution in [-0.4, -0.2) is 26.6 Å². The summed E-state index contributed by atoms with van der Waals surface area (Å²) >= 11 is 0. The average Bonchev–Trinajstić information content (AvgIpc) is 2.45. The molecule has 0 radical (unpaired) electrons. The first-order valence-corrected chi connectivity index (χ1v) is 6.80. The van der Waals surface area contributed by atoms with Crippen molar-refractivity contribution in [2.24, 2.45) is 11.7 Å². The van der Waals surface area contributed by atoms with Crippen molar-refractivity contribution in [2.45, 2.75) is 31.1 Å². The minimum atomic E-state index is -1.03. The van der Waals surface area contributed by atoms with E-state index in [0.717, 1.165) is 19.4 Å². The monoisotopic (exact) mass is 280 g/mol. The highest BCUT2D eigenvalue weighted by molar-refractivity contribution is 5.88. The highest BCUT2D eigenvalue weighted by Crippen LogP contribution is 2.43. The minimum absolute atomic E-state index is 0.0147. The fourth-order valence-corrected chi connectivity index (χ4v) is 3.28. The molecule has 1 amide bonds. The first kappa shape index (κ1) is 14.7. The van der Waals surface area contributed by atoms with Gasteiger partial charge in [-0.15, -0.1) is 0 Å². The van der Waals surface area contributed by atoms with Gasteiger partial charge in [-0.3, -0.25) is 14.4 Å². The van der Waals surface area contributed by atoms with E-state index in [0.29, 0.717) is 18.8 Å². The second kappa shape index (κ2) is 5.36. The van der Waals surface area contributed by atoms with Crippen LogP contribution in [0.15, 0.2) is 9.59 Å². The average molecular weight is 280 g/mol. The molecule has 2 rings (SSSR count). The Morgan fingerprint density at radius 3 is 2.40 bits per heavy atom. The van der Waals surface area contributed by atoms with Crippen LogP contribution in [0.5, 0.6) is 5.75 Å². The van der Waals surface area contributed by atoms with E-state index in [1.54, 1.807) is 0 Å². The van der Waals surface area contributed by atoms with Gasteiger partial charge in [0.1, 0.15) is 0 Å². The first-order valence-electron chi connectivity index (χ1n) is 6.80. The fourth-order valence-electron chi connectivity index (χ4n) is 3.28. The zero-order chi connectivity index (χ0) is 14.9. The van der Waals surface area contributed by atoms with Gasteiger partial charge in [-0.1, -0.05) is 0 Å². The van der Waals surface area contributed by atoms with Gasteiger partial charge in [0.25, 0.3) is 5.43 Å². The number of carbonyl (C=O) groups is 1. The third-order valence-electron chi connectivity index (χ3n) is 4.47. The molecule has 0 atom stereocenters. The fraction of sp³-hybridized carbons (Fsp3) is 0.643. The van der Waals surface area contributed by atoms with Gasteiger partial charge in [-0.2, -0.15) is 0 Å². The topological polar surface area (TPSA) is 98.5 Å². The van der Waals surface area contributed by atoms with Crippen molar-refractivity contribution in [3.8, 4) is 5.75 Å². The van der Waals surface area contributed by atoms with Gasteiger partial charge in [-0.05, 0) is 45.2 Å². The summed E-state index contributed by atoms with van der Waals surface area (Å²) in [6.45, 7) is 0.873. The number of primary amides is 1. The molecule has 1 aromatic rings. The van der Waals surface area contributed by atoms with Gasteiger partial charge < -0.3 is 15.8 Å². The number of amides is 1. The highest BCUT2D eigenvalue weighted by atomic mass is 16.5. The van der Waals surface area contributed by atoms with E-state index in [2.05, 4.69) is 5.32 Å². The van der Waals surface area contributed by atoms with Crippen LogP contribution >= 0.6 is 0 Å². The molecular formula is C14H20N2O4. The normalized spacial score (nSPS) is 26.6. The molecule has 1 fully saturated rings. The standard InChI is InChI=1S/C14H20N2O4/c1-16-7-8-3-5-14(6-4-8,13(15)19)9-10(17)11(18)12(9)20-2/h8,16H,3-7H2,1-2H3,(H2,15,19). The van der Waals surface area contributed by atoms with Gasteiger partial charge in [0.15, 0.2) is 5.75 Å². The molecule has 1 aliphatic carbocycles. The summed E-state index contributed by atoms with van der Waals surface area (Å²) in [5, 5.41) is 3.11. The van der Waals surface area contributed by atoms with Gasteiger partial charge in [0, 0.05) is 0 Å². The van der Waals surface area contributed by atoms with Gasteiger partial charge >= 0.3 is 0 Å². The number of hydrogen-bond acceptors (Lipinski definition) is 5. The van der Waals surface area contributed by atoms with Gasteiger partial charge in [0.05, 0.1) is 18.1 Å². The Labute approximate surface area is 117 Å². The molecule has 1 aliphatic rings. The van der Waals surface area contributed by atoms with E-state index in [1.807, 2.05) is 7.05 Å². The highest BCUT2D eigenvalue weighted by Gasteiger charge is 2.48. The Bertz CT molecular complexity index is 578. The summed E-state index contributed by atoms with van der Waals surface area (Å²) in [4.78, 5) is 35.3. The molecule has 6 nitrogen and oxygen atoms in total. The molecule has 20 heavy (non-hydrogen) atoms. The van der Waals surface area contributed by atoms with Crippen LogP contribution in [0.25, 0.3) is 0 Å². The Balaban J connectivity index is 2.34. The van der Waals surface area contributed by atoms with E-state index in [4.69, 9.17) is 10.5 Å². The molecule has 6 heteroatoms. The van der Waals surface area contributed by atoms with Crippen LogP contribution in [-0.2, 0) is 10.2 Å². The lowest BCUT2D eigenvalue weighted by Crippen LogP contribution is -2.53. The maximum Gasteiger partial charge on any atom is 0.268 e. The lowest BCUT2D eigenvalue weighted by molar-refractivity contribution is -0.125. The molecule has 1 saturated carbocycles. The van der Waals surface area contributed by atoms with Crippen molar-refractivity contribution in [1.82, 2.24) is 5.32 Å². The van der Waals surface area contributed by atoms with Gasteiger partial charge in [-0.25, -0.2) is 0 Å². The quantitative estimate of drug-likeness (QED) is 0.703.